The van der Waals surface area contributed by atoms with E-state index in [-0.39, 0.29) is 24.9 Å². The van der Waals surface area contributed by atoms with Crippen LogP contribution in [0.2, 0.25) is 0 Å². The zero-order valence-corrected chi connectivity index (χ0v) is 11.2. The molecule has 0 aromatic heterocycles. The maximum atomic E-state index is 11.9. The number of rotatable bonds is 6. The van der Waals surface area contributed by atoms with Gasteiger partial charge in [-0.15, -0.1) is 6.42 Å². The lowest BCUT2D eigenvalue weighted by atomic mass is 10.0. The minimum absolute atomic E-state index is 0.0116. The molecule has 0 amide bonds. The van der Waals surface area contributed by atoms with Crippen LogP contribution in [0.4, 0.5) is 0 Å². The van der Waals surface area contributed by atoms with E-state index in [1.165, 1.54) is 14.2 Å². The number of ether oxygens (including phenoxy) is 4. The Bertz CT molecular complexity index is 487. The van der Waals surface area contributed by atoms with Crippen molar-refractivity contribution in [1.29, 1.82) is 0 Å². The third-order valence-corrected chi connectivity index (χ3v) is 2.24. The lowest BCUT2D eigenvalue weighted by Crippen LogP contribution is -2.12. The number of esters is 1. The number of carbonyl (C=O) groups is 1. The van der Waals surface area contributed by atoms with Crippen LogP contribution in [-0.2, 0) is 14.2 Å². The van der Waals surface area contributed by atoms with Crippen molar-refractivity contribution in [3.8, 4) is 18.1 Å². The fraction of sp³-hybridized carbons (Fsp3) is 0.357. The third-order valence-electron chi connectivity index (χ3n) is 2.24. The van der Waals surface area contributed by atoms with Gasteiger partial charge >= 0.3 is 5.97 Å². The second-order valence-electron chi connectivity index (χ2n) is 3.72. The monoisotopic (exact) mass is 264 g/mol. The summed E-state index contributed by atoms with van der Waals surface area (Å²) in [6.07, 6.45) is 5.41. The number of hydrogen-bond donors (Lipinski definition) is 0. The topological polar surface area (TPSA) is 54.0 Å². The first-order chi connectivity index (χ1) is 9.13. The van der Waals surface area contributed by atoms with Crippen LogP contribution in [0.15, 0.2) is 12.1 Å². The van der Waals surface area contributed by atoms with Gasteiger partial charge in [-0.3, -0.25) is 0 Å². The second-order valence-corrected chi connectivity index (χ2v) is 3.72. The molecule has 1 aromatic rings. The summed E-state index contributed by atoms with van der Waals surface area (Å²) in [7, 11) is 2.91. The molecule has 0 fully saturated rings. The molecule has 0 saturated heterocycles. The maximum Gasteiger partial charge on any atom is 0.344 e. The van der Waals surface area contributed by atoms with E-state index in [9.17, 15) is 4.79 Å². The van der Waals surface area contributed by atoms with E-state index < -0.39 is 5.97 Å². The van der Waals surface area contributed by atoms with Crippen LogP contribution in [-0.4, -0.2) is 33.8 Å². The van der Waals surface area contributed by atoms with E-state index in [2.05, 4.69) is 5.92 Å². The van der Waals surface area contributed by atoms with Gasteiger partial charge in [-0.25, -0.2) is 4.79 Å². The predicted octanol–water partition coefficient (Wildman–Crippen LogP) is 1.72. The molecule has 0 aliphatic carbocycles. The molecule has 1 aromatic carbocycles. The molecule has 0 unspecified atom stereocenters. The minimum Gasteiger partial charge on any atom is -0.465 e. The van der Waals surface area contributed by atoms with Crippen LogP contribution < -0.4 is 4.74 Å². The highest BCUT2D eigenvalue weighted by Crippen LogP contribution is 2.26. The molecule has 5 heteroatoms. The Morgan fingerprint density at radius 1 is 1.26 bits per heavy atom. The molecular weight excluding hydrogens is 248 g/mol. The van der Waals surface area contributed by atoms with Crippen molar-refractivity contribution in [2.24, 2.45) is 0 Å². The minimum atomic E-state index is -0.562. The van der Waals surface area contributed by atoms with E-state index in [1.54, 1.807) is 12.1 Å². The van der Waals surface area contributed by atoms with Gasteiger partial charge in [0.2, 0.25) is 0 Å². The zero-order valence-electron chi connectivity index (χ0n) is 11.2. The summed E-state index contributed by atoms with van der Waals surface area (Å²) in [5.74, 6) is 2.19. The number of terminal acetylenes is 1. The summed E-state index contributed by atoms with van der Waals surface area (Å²) in [6.45, 7) is 1.68. The number of benzene rings is 1. The number of hydrogen-bond acceptors (Lipinski definition) is 5. The van der Waals surface area contributed by atoms with Crippen LogP contribution in [0.1, 0.15) is 21.5 Å². The quantitative estimate of drug-likeness (QED) is 0.445. The Labute approximate surface area is 112 Å². The molecule has 102 valence electrons. The molecule has 0 bridgehead atoms. The van der Waals surface area contributed by atoms with E-state index in [0.717, 1.165) is 5.56 Å². The van der Waals surface area contributed by atoms with Gasteiger partial charge < -0.3 is 18.9 Å². The van der Waals surface area contributed by atoms with Crippen molar-refractivity contribution in [3.63, 3.8) is 0 Å². The molecule has 0 saturated carbocycles. The van der Waals surface area contributed by atoms with Crippen molar-refractivity contribution in [2.45, 2.75) is 6.92 Å². The van der Waals surface area contributed by atoms with Gasteiger partial charge in [0.25, 0.3) is 0 Å². The fourth-order valence-electron chi connectivity index (χ4n) is 1.50. The Morgan fingerprint density at radius 3 is 2.53 bits per heavy atom. The summed E-state index contributed by atoms with van der Waals surface area (Å²) < 4.78 is 19.8. The van der Waals surface area contributed by atoms with E-state index >= 15 is 0 Å². The molecule has 0 spiro atoms. The van der Waals surface area contributed by atoms with E-state index in [1.807, 2.05) is 6.92 Å². The molecule has 5 nitrogen and oxygen atoms in total. The maximum absolute atomic E-state index is 11.9. The van der Waals surface area contributed by atoms with Gasteiger partial charge in [0.1, 0.15) is 5.56 Å². The van der Waals surface area contributed by atoms with E-state index in [4.69, 9.17) is 25.4 Å². The van der Waals surface area contributed by atoms with Crippen molar-refractivity contribution in [1.82, 2.24) is 0 Å². The van der Waals surface area contributed by atoms with Gasteiger partial charge in [0.05, 0.1) is 5.56 Å². The van der Waals surface area contributed by atoms with Gasteiger partial charge in [-0.05, 0) is 24.6 Å². The Kier molecular flexibility index (Phi) is 5.86. The van der Waals surface area contributed by atoms with Crippen molar-refractivity contribution in [3.05, 3.63) is 28.8 Å². The normalized spacial score (nSPS) is 9.79. The average Bonchev–Trinajstić information content (AvgIpc) is 2.42. The molecule has 0 N–H and O–H groups in total. The fourth-order valence-corrected chi connectivity index (χ4v) is 1.50. The Morgan fingerprint density at radius 2 is 1.95 bits per heavy atom. The number of aryl methyl sites for hydroxylation is 1. The Balaban J connectivity index is 3.15. The van der Waals surface area contributed by atoms with Gasteiger partial charge in [-0.2, -0.15) is 0 Å². The van der Waals surface area contributed by atoms with Gasteiger partial charge in [0.15, 0.2) is 19.3 Å². The van der Waals surface area contributed by atoms with Gasteiger partial charge in [-0.1, -0.05) is 5.92 Å². The lowest BCUT2D eigenvalue weighted by Gasteiger charge is -2.13. The largest absolute Gasteiger partial charge is 0.465 e. The Hall–Kier alpha value is -2.03. The molecule has 19 heavy (non-hydrogen) atoms. The third kappa shape index (κ3) is 3.98. The molecule has 0 atom stereocenters. The van der Waals surface area contributed by atoms with Crippen LogP contribution >= 0.6 is 0 Å². The van der Waals surface area contributed by atoms with Crippen molar-refractivity contribution >= 4 is 5.97 Å². The SMILES string of the molecule is C#Cc1cc(C)cc(C(=O)OCOC)c1OCOC. The summed E-state index contributed by atoms with van der Waals surface area (Å²) in [5.41, 5.74) is 1.56. The summed E-state index contributed by atoms with van der Waals surface area (Å²) in [4.78, 5) is 11.9. The smallest absolute Gasteiger partial charge is 0.344 e. The highest BCUT2D eigenvalue weighted by molar-refractivity contribution is 5.93. The zero-order chi connectivity index (χ0) is 14.3. The first-order valence-electron chi connectivity index (χ1n) is 5.53. The lowest BCUT2D eigenvalue weighted by molar-refractivity contribution is -0.0132. The summed E-state index contributed by atoms with van der Waals surface area (Å²) >= 11 is 0. The van der Waals surface area contributed by atoms with Crippen molar-refractivity contribution < 1.29 is 23.7 Å². The summed E-state index contributed by atoms with van der Waals surface area (Å²) in [6, 6.07) is 3.39. The first-order valence-corrected chi connectivity index (χ1v) is 5.53. The molecule has 0 aliphatic rings. The molecule has 0 aliphatic heterocycles. The van der Waals surface area contributed by atoms with Crippen LogP contribution in [0.25, 0.3) is 0 Å². The average molecular weight is 264 g/mol. The number of methoxy groups -OCH3 is 2. The van der Waals surface area contributed by atoms with Crippen LogP contribution in [0, 0.1) is 19.3 Å². The predicted molar refractivity (Wildman–Crippen MR) is 68.9 cm³/mol. The molecular formula is C14H16O5. The highest BCUT2D eigenvalue weighted by atomic mass is 16.7. The summed E-state index contributed by atoms with van der Waals surface area (Å²) in [5, 5.41) is 0. The number of carbonyl (C=O) groups excluding carboxylic acids is 1. The molecule has 1 rings (SSSR count). The van der Waals surface area contributed by atoms with Gasteiger partial charge in [0, 0.05) is 14.2 Å². The van der Waals surface area contributed by atoms with E-state index in [0.29, 0.717) is 5.56 Å². The highest BCUT2D eigenvalue weighted by Gasteiger charge is 2.18. The van der Waals surface area contributed by atoms with Crippen LogP contribution in [0.5, 0.6) is 5.75 Å². The van der Waals surface area contributed by atoms with Crippen molar-refractivity contribution in [2.75, 3.05) is 27.8 Å². The molecule has 0 heterocycles. The molecule has 0 radical (unpaired) electrons. The second kappa shape index (κ2) is 7.41. The van der Waals surface area contributed by atoms with Crippen LogP contribution in [0.3, 0.4) is 0 Å². The first kappa shape index (κ1) is 15.0. The standard InChI is InChI=1S/C14H16O5/c1-5-11-6-10(2)7-12(13(11)18-8-16-3)14(15)19-9-17-4/h1,6-7H,8-9H2,2-4H3.